The van der Waals surface area contributed by atoms with Crippen LogP contribution in [-0.4, -0.2) is 40.2 Å². The zero-order valence-electron chi connectivity index (χ0n) is 21.3. The van der Waals surface area contributed by atoms with E-state index in [1.165, 1.54) is 0 Å². The lowest BCUT2D eigenvalue weighted by atomic mass is 10.1. The molecule has 0 aliphatic rings. The number of hydrogen-bond acceptors (Lipinski definition) is 5. The molecule has 0 spiro atoms. The molecular formula is C25H33ClN6O2Si. The van der Waals surface area contributed by atoms with Gasteiger partial charge in [0.15, 0.2) is 8.32 Å². The summed E-state index contributed by atoms with van der Waals surface area (Å²) in [5, 5.41) is 24.2. The molecule has 186 valence electrons. The highest BCUT2D eigenvalue weighted by atomic mass is 35.5. The number of rotatable bonds is 8. The van der Waals surface area contributed by atoms with Crippen molar-refractivity contribution in [3.05, 3.63) is 58.5 Å². The van der Waals surface area contributed by atoms with E-state index in [4.69, 9.17) is 21.3 Å². The summed E-state index contributed by atoms with van der Waals surface area (Å²) in [5.74, 6) is -0.259. The van der Waals surface area contributed by atoms with Crippen LogP contribution in [0.1, 0.15) is 62.5 Å². The fraction of sp³-hybridized carbons (Fsp3) is 0.440. The summed E-state index contributed by atoms with van der Waals surface area (Å²) >= 11 is 6.14. The predicted octanol–water partition coefficient (Wildman–Crippen LogP) is 5.70. The molecule has 3 aromatic rings. The van der Waals surface area contributed by atoms with Crippen molar-refractivity contribution >= 4 is 25.8 Å². The maximum absolute atomic E-state index is 12.8. The first-order valence-corrected chi connectivity index (χ1v) is 14.9. The topological polar surface area (TPSA) is 109 Å². The molecule has 2 heterocycles. The van der Waals surface area contributed by atoms with E-state index in [2.05, 4.69) is 54.5 Å². The van der Waals surface area contributed by atoms with Gasteiger partial charge in [0.25, 0.3) is 5.91 Å². The Morgan fingerprint density at radius 1 is 1.29 bits per heavy atom. The first-order chi connectivity index (χ1) is 16.3. The summed E-state index contributed by atoms with van der Waals surface area (Å²) in [7, 11) is -1.95. The van der Waals surface area contributed by atoms with Gasteiger partial charge in [-0.05, 0) is 56.2 Å². The summed E-state index contributed by atoms with van der Waals surface area (Å²) in [6.07, 6.45) is 1.66. The van der Waals surface area contributed by atoms with E-state index < -0.39 is 8.32 Å². The molecule has 0 bridgehead atoms. The maximum atomic E-state index is 12.8. The zero-order valence-corrected chi connectivity index (χ0v) is 23.1. The number of nitriles is 1. The molecule has 0 radical (unpaired) electrons. The lowest BCUT2D eigenvalue weighted by molar-refractivity contribution is 0.0931. The number of nitrogens with one attached hydrogen (secondary N) is 2. The van der Waals surface area contributed by atoms with Gasteiger partial charge >= 0.3 is 0 Å². The Balaban J connectivity index is 1.59. The number of carbonyl (C=O) groups excluding carboxylic acids is 1. The Bertz CT molecular complexity index is 1240. The zero-order chi connectivity index (χ0) is 26.0. The van der Waals surface area contributed by atoms with Gasteiger partial charge in [0.1, 0.15) is 11.8 Å². The molecule has 2 N–H and O–H groups in total. The Hall–Kier alpha value is -2.93. The Morgan fingerprint density at radius 2 is 2.00 bits per heavy atom. The number of aromatic nitrogens is 4. The second-order valence-electron chi connectivity index (χ2n) is 10.3. The number of halogens is 1. The molecule has 0 saturated carbocycles. The molecular weight excluding hydrogens is 480 g/mol. The Kier molecular flexibility index (Phi) is 7.89. The second-order valence-corrected chi connectivity index (χ2v) is 15.5. The van der Waals surface area contributed by atoms with Gasteiger partial charge < -0.3 is 9.74 Å². The molecule has 0 aliphatic heterocycles. The van der Waals surface area contributed by atoms with Crippen molar-refractivity contribution in [2.24, 2.45) is 0 Å². The first kappa shape index (κ1) is 26.7. The minimum atomic E-state index is -1.95. The van der Waals surface area contributed by atoms with Gasteiger partial charge in [0.05, 0.1) is 34.6 Å². The quantitative estimate of drug-likeness (QED) is 0.376. The molecule has 0 saturated heterocycles. The van der Waals surface area contributed by atoms with E-state index in [1.54, 1.807) is 22.9 Å². The summed E-state index contributed by atoms with van der Waals surface area (Å²) < 4.78 is 8.16. The van der Waals surface area contributed by atoms with E-state index >= 15 is 0 Å². The van der Waals surface area contributed by atoms with E-state index in [1.807, 2.05) is 38.2 Å². The Labute approximate surface area is 212 Å². The van der Waals surface area contributed by atoms with Crippen LogP contribution in [0.25, 0.3) is 11.3 Å². The highest BCUT2D eigenvalue weighted by Crippen LogP contribution is 2.39. The van der Waals surface area contributed by atoms with Gasteiger partial charge in [-0.15, -0.1) is 0 Å². The molecule has 1 amide bonds. The molecule has 2 atom stereocenters. The van der Waals surface area contributed by atoms with E-state index in [-0.39, 0.29) is 23.1 Å². The van der Waals surface area contributed by atoms with Gasteiger partial charge in [-0.2, -0.15) is 15.5 Å². The van der Waals surface area contributed by atoms with Crippen molar-refractivity contribution < 1.29 is 9.22 Å². The van der Waals surface area contributed by atoms with Crippen LogP contribution >= 0.6 is 11.6 Å². The van der Waals surface area contributed by atoms with Crippen LogP contribution < -0.4 is 5.32 Å². The lowest BCUT2D eigenvalue weighted by Gasteiger charge is -2.38. The number of nitrogens with zero attached hydrogens (tertiary/aromatic N) is 4. The van der Waals surface area contributed by atoms with Crippen LogP contribution in [0.15, 0.2) is 36.5 Å². The van der Waals surface area contributed by atoms with Crippen molar-refractivity contribution in [2.45, 2.75) is 71.4 Å². The second kappa shape index (κ2) is 10.4. The van der Waals surface area contributed by atoms with Crippen LogP contribution in [0.3, 0.4) is 0 Å². The maximum Gasteiger partial charge on any atom is 0.272 e. The van der Waals surface area contributed by atoms with Gasteiger partial charge in [-0.1, -0.05) is 38.4 Å². The predicted molar refractivity (Wildman–Crippen MR) is 140 cm³/mol. The van der Waals surface area contributed by atoms with Crippen molar-refractivity contribution in [1.29, 1.82) is 5.26 Å². The van der Waals surface area contributed by atoms with E-state index in [0.29, 0.717) is 22.8 Å². The Morgan fingerprint density at radius 3 is 2.63 bits per heavy atom. The van der Waals surface area contributed by atoms with Crippen LogP contribution in [0, 0.1) is 11.3 Å². The van der Waals surface area contributed by atoms with E-state index in [9.17, 15) is 4.79 Å². The third kappa shape index (κ3) is 6.39. The molecule has 35 heavy (non-hydrogen) atoms. The van der Waals surface area contributed by atoms with Crippen molar-refractivity contribution in [3.63, 3.8) is 0 Å². The fourth-order valence-electron chi connectivity index (χ4n) is 3.35. The number of benzene rings is 1. The monoisotopic (exact) mass is 512 g/mol. The number of carbonyl (C=O) groups is 1. The summed E-state index contributed by atoms with van der Waals surface area (Å²) in [5.41, 5.74) is 3.09. The van der Waals surface area contributed by atoms with Crippen LogP contribution in [0.5, 0.6) is 0 Å². The van der Waals surface area contributed by atoms with Crippen LogP contribution in [-0.2, 0) is 11.0 Å². The SMILES string of the molecule is CC(O[Si](C)(C)C(C)(C)C)c1cc(C(=O)N[C@@H](C)Cn2ccc(-c3ccc(C#N)c(Cl)c3)n2)n[nH]1. The van der Waals surface area contributed by atoms with Crippen molar-refractivity contribution in [3.8, 4) is 17.3 Å². The highest BCUT2D eigenvalue weighted by molar-refractivity contribution is 6.74. The molecule has 1 aromatic carbocycles. The molecule has 10 heteroatoms. The van der Waals surface area contributed by atoms with Gasteiger partial charge in [0.2, 0.25) is 0 Å². The normalized spacial score (nSPS) is 13.8. The average molecular weight is 513 g/mol. The first-order valence-electron chi connectivity index (χ1n) is 11.6. The summed E-state index contributed by atoms with van der Waals surface area (Å²) in [6.45, 7) is 15.4. The standard InChI is InChI=1S/C25H33ClN6O2Si/c1-16(15-32-11-10-21(31-32)18-8-9-19(14-27)20(26)12-18)28-24(33)23-13-22(29-30-23)17(2)34-35(6,7)25(3,4)5/h8-13,16-17H,15H2,1-7H3,(H,28,33)(H,29,30)/t16-,17?/m0/s1. The van der Waals surface area contributed by atoms with Crippen molar-refractivity contribution in [1.82, 2.24) is 25.3 Å². The number of amides is 1. The fourth-order valence-corrected chi connectivity index (χ4v) is 4.94. The van der Waals surface area contributed by atoms with Gasteiger partial charge in [0, 0.05) is 17.8 Å². The lowest BCUT2D eigenvalue weighted by Crippen LogP contribution is -2.41. The number of aromatic amines is 1. The van der Waals surface area contributed by atoms with Crippen LogP contribution in [0.2, 0.25) is 23.2 Å². The molecule has 0 aliphatic carbocycles. The number of hydrogen-bond donors (Lipinski definition) is 2. The summed E-state index contributed by atoms with van der Waals surface area (Å²) in [6, 6.07) is 10.7. The minimum absolute atomic E-state index is 0.0929. The molecule has 3 rings (SSSR count). The third-order valence-electron chi connectivity index (χ3n) is 6.41. The highest BCUT2D eigenvalue weighted by Gasteiger charge is 2.39. The molecule has 0 fully saturated rings. The molecule has 8 nitrogen and oxygen atoms in total. The summed E-state index contributed by atoms with van der Waals surface area (Å²) in [4.78, 5) is 12.8. The smallest absolute Gasteiger partial charge is 0.272 e. The molecule has 2 aromatic heterocycles. The van der Waals surface area contributed by atoms with Crippen LogP contribution in [0.4, 0.5) is 0 Å². The largest absolute Gasteiger partial charge is 0.409 e. The van der Waals surface area contributed by atoms with Gasteiger partial charge in [-0.3, -0.25) is 14.6 Å². The van der Waals surface area contributed by atoms with Gasteiger partial charge in [-0.25, -0.2) is 0 Å². The van der Waals surface area contributed by atoms with Crippen molar-refractivity contribution in [2.75, 3.05) is 0 Å². The van der Waals surface area contributed by atoms with E-state index in [0.717, 1.165) is 17.0 Å². The number of H-pyrrole nitrogens is 1. The molecule has 1 unspecified atom stereocenters. The average Bonchev–Trinajstić information content (AvgIpc) is 3.42. The minimum Gasteiger partial charge on any atom is -0.409 e. The third-order valence-corrected chi connectivity index (χ3v) is 11.3.